The number of anilines is 1. The fourth-order valence-electron chi connectivity index (χ4n) is 2.74. The summed E-state index contributed by atoms with van der Waals surface area (Å²) in [4.78, 5) is 14.1. The van der Waals surface area contributed by atoms with Crippen LogP contribution >= 0.6 is 11.8 Å². The van der Waals surface area contributed by atoms with E-state index < -0.39 is 0 Å². The maximum atomic E-state index is 12.0. The lowest BCUT2D eigenvalue weighted by Crippen LogP contribution is -2.30. The number of fused-ring (bicyclic) bond motifs is 1. The van der Waals surface area contributed by atoms with Crippen molar-refractivity contribution in [2.75, 3.05) is 31.7 Å². The van der Waals surface area contributed by atoms with Gasteiger partial charge in [-0.1, -0.05) is 0 Å². The third-order valence-electron chi connectivity index (χ3n) is 3.86. The van der Waals surface area contributed by atoms with Crippen LogP contribution in [0.25, 0.3) is 11.0 Å². The average Bonchev–Trinajstić information content (AvgIpc) is 3.18. The van der Waals surface area contributed by atoms with Gasteiger partial charge in [0.1, 0.15) is 22.9 Å². The Morgan fingerprint density at radius 1 is 1.11 bits per heavy atom. The van der Waals surface area contributed by atoms with E-state index in [0.717, 1.165) is 52.0 Å². The molecule has 2 aromatic heterocycles. The highest BCUT2D eigenvalue weighted by Crippen LogP contribution is 2.22. The standard InChI is InChI=1S/C20H25N3O3S/c1-14-10-15-11-16(4-7-19(15)25-14)22-20(24)21-8-9-27-13-18-6-5-17(26-18)12-23(2)3/h4-7,10-11H,8-9,12-13H2,1-3H3,(H2,21,22,24). The van der Waals surface area contributed by atoms with Crippen molar-refractivity contribution in [2.24, 2.45) is 0 Å². The maximum Gasteiger partial charge on any atom is 0.319 e. The minimum absolute atomic E-state index is 0.207. The molecule has 0 aliphatic rings. The molecule has 3 rings (SSSR count). The molecule has 6 nitrogen and oxygen atoms in total. The summed E-state index contributed by atoms with van der Waals surface area (Å²) in [6.07, 6.45) is 0. The molecule has 0 atom stereocenters. The van der Waals surface area contributed by atoms with Crippen LogP contribution in [-0.4, -0.2) is 37.3 Å². The number of furan rings is 2. The highest BCUT2D eigenvalue weighted by molar-refractivity contribution is 7.98. The van der Waals surface area contributed by atoms with E-state index in [0.29, 0.717) is 6.54 Å². The molecule has 0 saturated heterocycles. The number of benzene rings is 1. The molecule has 7 heteroatoms. The van der Waals surface area contributed by atoms with Gasteiger partial charge >= 0.3 is 6.03 Å². The molecular weight excluding hydrogens is 362 g/mol. The van der Waals surface area contributed by atoms with Crippen LogP contribution in [0, 0.1) is 6.92 Å². The molecule has 0 radical (unpaired) electrons. The molecule has 0 bridgehead atoms. The Bertz CT molecular complexity index is 901. The molecule has 144 valence electrons. The summed E-state index contributed by atoms with van der Waals surface area (Å²) in [6, 6.07) is 11.4. The van der Waals surface area contributed by atoms with E-state index in [2.05, 4.69) is 15.5 Å². The number of thioether (sulfide) groups is 1. The van der Waals surface area contributed by atoms with E-state index in [1.807, 2.05) is 57.4 Å². The zero-order chi connectivity index (χ0) is 19.2. The Balaban J connectivity index is 1.36. The van der Waals surface area contributed by atoms with Gasteiger partial charge in [0.15, 0.2) is 0 Å². The minimum Gasteiger partial charge on any atom is -0.464 e. The SMILES string of the molecule is Cc1cc2cc(NC(=O)NCCSCc3ccc(CN(C)C)o3)ccc2o1. The van der Waals surface area contributed by atoms with Crippen LogP contribution in [0.2, 0.25) is 0 Å². The van der Waals surface area contributed by atoms with Gasteiger partial charge in [-0.25, -0.2) is 4.79 Å². The number of aryl methyl sites for hydroxylation is 1. The van der Waals surface area contributed by atoms with Crippen LogP contribution in [0.1, 0.15) is 17.3 Å². The van der Waals surface area contributed by atoms with Crippen molar-refractivity contribution in [1.29, 1.82) is 0 Å². The third-order valence-corrected chi connectivity index (χ3v) is 4.84. The summed E-state index contributed by atoms with van der Waals surface area (Å²) in [7, 11) is 4.03. The topological polar surface area (TPSA) is 70.7 Å². The predicted octanol–water partition coefficient (Wildman–Crippen LogP) is 4.45. The Morgan fingerprint density at radius 2 is 1.93 bits per heavy atom. The number of amides is 2. The first-order valence-corrected chi connectivity index (χ1v) is 10.0. The van der Waals surface area contributed by atoms with Gasteiger partial charge in [-0.05, 0) is 57.4 Å². The Morgan fingerprint density at radius 3 is 2.74 bits per heavy atom. The van der Waals surface area contributed by atoms with Gasteiger partial charge in [0.25, 0.3) is 0 Å². The van der Waals surface area contributed by atoms with Crippen LogP contribution in [0.15, 0.2) is 45.2 Å². The first-order valence-electron chi connectivity index (χ1n) is 8.85. The van der Waals surface area contributed by atoms with Crippen molar-refractivity contribution < 1.29 is 13.6 Å². The lowest BCUT2D eigenvalue weighted by atomic mass is 10.2. The van der Waals surface area contributed by atoms with E-state index >= 15 is 0 Å². The van der Waals surface area contributed by atoms with Crippen LogP contribution in [0.5, 0.6) is 0 Å². The molecule has 0 aliphatic carbocycles. The normalized spacial score (nSPS) is 11.3. The van der Waals surface area contributed by atoms with Crippen molar-refractivity contribution in [1.82, 2.24) is 10.2 Å². The van der Waals surface area contributed by atoms with Crippen molar-refractivity contribution in [3.63, 3.8) is 0 Å². The molecule has 0 unspecified atom stereocenters. The quantitative estimate of drug-likeness (QED) is 0.559. The monoisotopic (exact) mass is 387 g/mol. The first-order chi connectivity index (χ1) is 13.0. The highest BCUT2D eigenvalue weighted by atomic mass is 32.2. The fraction of sp³-hybridized carbons (Fsp3) is 0.350. The van der Waals surface area contributed by atoms with Crippen molar-refractivity contribution in [3.8, 4) is 0 Å². The van der Waals surface area contributed by atoms with Gasteiger partial charge < -0.3 is 24.4 Å². The lowest BCUT2D eigenvalue weighted by molar-refractivity contribution is 0.252. The molecule has 27 heavy (non-hydrogen) atoms. The molecule has 1 aromatic carbocycles. The zero-order valence-corrected chi connectivity index (χ0v) is 16.7. The van der Waals surface area contributed by atoms with E-state index in [1.165, 1.54) is 0 Å². The Hall–Kier alpha value is -2.38. The summed E-state index contributed by atoms with van der Waals surface area (Å²) >= 11 is 1.73. The molecule has 2 amide bonds. The van der Waals surface area contributed by atoms with E-state index in [-0.39, 0.29) is 6.03 Å². The molecule has 2 N–H and O–H groups in total. The van der Waals surface area contributed by atoms with Gasteiger partial charge in [-0.2, -0.15) is 11.8 Å². The van der Waals surface area contributed by atoms with E-state index in [4.69, 9.17) is 8.83 Å². The van der Waals surface area contributed by atoms with Crippen molar-refractivity contribution in [3.05, 3.63) is 53.7 Å². The number of carbonyl (C=O) groups excluding carboxylic acids is 1. The van der Waals surface area contributed by atoms with Gasteiger partial charge in [0.05, 0.1) is 12.3 Å². The number of rotatable bonds is 8. The van der Waals surface area contributed by atoms with Gasteiger partial charge in [-0.15, -0.1) is 0 Å². The predicted molar refractivity (Wildman–Crippen MR) is 110 cm³/mol. The Labute approximate surface area is 163 Å². The smallest absolute Gasteiger partial charge is 0.319 e. The molecular formula is C20H25N3O3S. The summed E-state index contributed by atoms with van der Waals surface area (Å²) in [6.45, 7) is 3.30. The molecule has 0 fully saturated rings. The Kier molecular flexibility index (Phi) is 6.47. The second-order valence-electron chi connectivity index (χ2n) is 6.65. The number of nitrogens with zero attached hydrogens (tertiary/aromatic N) is 1. The number of nitrogens with one attached hydrogen (secondary N) is 2. The largest absolute Gasteiger partial charge is 0.464 e. The van der Waals surface area contributed by atoms with Gasteiger partial charge in [0.2, 0.25) is 0 Å². The van der Waals surface area contributed by atoms with E-state index in [1.54, 1.807) is 11.8 Å². The maximum absolute atomic E-state index is 12.0. The molecule has 2 heterocycles. The third kappa shape index (κ3) is 5.80. The van der Waals surface area contributed by atoms with Crippen LogP contribution in [0.4, 0.5) is 10.5 Å². The van der Waals surface area contributed by atoms with Crippen LogP contribution in [-0.2, 0) is 12.3 Å². The van der Waals surface area contributed by atoms with Crippen molar-refractivity contribution >= 4 is 34.4 Å². The zero-order valence-electron chi connectivity index (χ0n) is 15.9. The summed E-state index contributed by atoms with van der Waals surface area (Å²) < 4.78 is 11.3. The van der Waals surface area contributed by atoms with Crippen LogP contribution < -0.4 is 10.6 Å². The minimum atomic E-state index is -0.207. The van der Waals surface area contributed by atoms with Gasteiger partial charge in [0, 0.05) is 23.4 Å². The first kappa shape index (κ1) is 19.4. The van der Waals surface area contributed by atoms with Crippen molar-refractivity contribution in [2.45, 2.75) is 19.2 Å². The highest BCUT2D eigenvalue weighted by Gasteiger charge is 2.06. The second-order valence-corrected chi connectivity index (χ2v) is 7.75. The lowest BCUT2D eigenvalue weighted by Gasteiger charge is -2.07. The molecule has 0 saturated carbocycles. The number of hydrogen-bond donors (Lipinski definition) is 2. The second kappa shape index (κ2) is 9.01. The number of urea groups is 1. The molecule has 0 spiro atoms. The fourth-order valence-corrected chi connectivity index (χ4v) is 3.48. The summed E-state index contributed by atoms with van der Waals surface area (Å²) in [5.74, 6) is 4.40. The molecule has 3 aromatic rings. The molecule has 0 aliphatic heterocycles. The van der Waals surface area contributed by atoms with Crippen LogP contribution in [0.3, 0.4) is 0 Å². The average molecular weight is 388 g/mol. The summed E-state index contributed by atoms with van der Waals surface area (Å²) in [5, 5.41) is 6.70. The number of hydrogen-bond acceptors (Lipinski definition) is 5. The number of carbonyl (C=O) groups is 1. The van der Waals surface area contributed by atoms with E-state index in [9.17, 15) is 4.79 Å². The summed E-state index contributed by atoms with van der Waals surface area (Å²) in [5.41, 5.74) is 1.57. The van der Waals surface area contributed by atoms with Gasteiger partial charge in [-0.3, -0.25) is 0 Å².